The molecular formula is C15H22FNO5S. The van der Waals surface area contributed by atoms with Crippen molar-refractivity contribution >= 4 is 16.0 Å². The van der Waals surface area contributed by atoms with Gasteiger partial charge < -0.3 is 10.2 Å². The number of benzene rings is 1. The third kappa shape index (κ3) is 6.25. The Morgan fingerprint density at radius 1 is 1.30 bits per heavy atom. The lowest BCUT2D eigenvalue weighted by Gasteiger charge is -2.19. The summed E-state index contributed by atoms with van der Waals surface area (Å²) in [5.74, 6) is -1.56. The number of halogens is 1. The molecule has 0 heterocycles. The summed E-state index contributed by atoms with van der Waals surface area (Å²) in [5.41, 5.74) is 0.499. The average Bonchev–Trinajstić information content (AvgIpc) is 2.42. The molecule has 0 fully saturated rings. The minimum absolute atomic E-state index is 0.0254. The predicted octanol–water partition coefficient (Wildman–Crippen LogP) is 1.62. The monoisotopic (exact) mass is 347 g/mol. The van der Waals surface area contributed by atoms with Crippen LogP contribution in [0.5, 0.6) is 0 Å². The molecule has 0 aliphatic rings. The van der Waals surface area contributed by atoms with Gasteiger partial charge in [-0.2, -0.15) is 4.31 Å². The lowest BCUT2D eigenvalue weighted by Crippen LogP contribution is -2.33. The number of aliphatic carboxylic acids is 1. The predicted molar refractivity (Wildman–Crippen MR) is 83.1 cm³/mol. The van der Waals surface area contributed by atoms with Gasteiger partial charge in [0.2, 0.25) is 10.0 Å². The zero-order valence-electron chi connectivity index (χ0n) is 13.2. The Balaban J connectivity index is 2.89. The first kappa shape index (κ1) is 19.5. The second-order valence-electron chi connectivity index (χ2n) is 5.53. The van der Waals surface area contributed by atoms with Crippen LogP contribution in [-0.2, 0) is 21.2 Å². The topological polar surface area (TPSA) is 94.9 Å². The van der Waals surface area contributed by atoms with E-state index in [0.29, 0.717) is 24.8 Å². The largest absolute Gasteiger partial charge is 0.481 e. The third-order valence-corrected chi connectivity index (χ3v) is 5.07. The summed E-state index contributed by atoms with van der Waals surface area (Å²) in [6, 6.07) is 3.57. The van der Waals surface area contributed by atoms with Crippen LogP contribution in [0.2, 0.25) is 0 Å². The SMILES string of the molecule is C[C@H](O)CN(C)S(=O)(=O)c1cc(F)cc(CCCCC(=O)O)c1. The maximum atomic E-state index is 13.7. The fraction of sp³-hybridized carbons (Fsp3) is 0.533. The van der Waals surface area contributed by atoms with E-state index in [2.05, 4.69) is 0 Å². The molecule has 8 heteroatoms. The summed E-state index contributed by atoms with van der Waals surface area (Å²) in [4.78, 5) is 10.3. The summed E-state index contributed by atoms with van der Waals surface area (Å²) in [6.45, 7) is 1.37. The van der Waals surface area contributed by atoms with Crippen molar-refractivity contribution < 1.29 is 27.8 Å². The van der Waals surface area contributed by atoms with Crippen LogP contribution < -0.4 is 0 Å². The van der Waals surface area contributed by atoms with Crippen molar-refractivity contribution in [3.8, 4) is 0 Å². The Hall–Kier alpha value is -1.51. The molecule has 2 N–H and O–H groups in total. The van der Waals surface area contributed by atoms with Crippen LogP contribution in [-0.4, -0.2) is 48.6 Å². The van der Waals surface area contributed by atoms with Gasteiger partial charge in [0.15, 0.2) is 0 Å². The van der Waals surface area contributed by atoms with Gasteiger partial charge in [-0.05, 0) is 49.9 Å². The van der Waals surface area contributed by atoms with Gasteiger partial charge >= 0.3 is 5.97 Å². The van der Waals surface area contributed by atoms with Gasteiger partial charge in [-0.15, -0.1) is 0 Å². The normalized spacial score (nSPS) is 13.3. The standard InChI is InChI=1S/C15H22FNO5S/c1-11(18)10-17(2)23(21,22)14-8-12(7-13(16)9-14)5-3-4-6-15(19)20/h7-9,11,18H,3-6,10H2,1-2H3,(H,19,20)/t11-/m0/s1. The van der Waals surface area contributed by atoms with E-state index in [-0.39, 0.29) is 17.9 Å². The molecule has 0 spiro atoms. The number of sulfonamides is 1. The number of hydrogen-bond donors (Lipinski definition) is 2. The van der Waals surface area contributed by atoms with Crippen LogP contribution in [0.25, 0.3) is 0 Å². The molecule has 23 heavy (non-hydrogen) atoms. The highest BCUT2D eigenvalue weighted by atomic mass is 32.2. The summed E-state index contributed by atoms with van der Waals surface area (Å²) in [5, 5.41) is 17.9. The molecule has 1 aromatic carbocycles. The molecule has 130 valence electrons. The van der Waals surface area contributed by atoms with E-state index >= 15 is 0 Å². The van der Waals surface area contributed by atoms with Gasteiger partial charge in [-0.1, -0.05) is 0 Å². The molecule has 1 atom stereocenters. The van der Waals surface area contributed by atoms with Crippen LogP contribution >= 0.6 is 0 Å². The maximum absolute atomic E-state index is 13.7. The Kier molecular flexibility index (Phi) is 7.11. The van der Waals surface area contributed by atoms with Crippen molar-refractivity contribution in [3.05, 3.63) is 29.6 Å². The minimum atomic E-state index is -3.88. The number of likely N-dealkylation sites (N-methyl/N-ethyl adjacent to an activating group) is 1. The molecule has 0 saturated carbocycles. The number of unbranched alkanes of at least 4 members (excludes halogenated alkanes) is 1. The Morgan fingerprint density at radius 3 is 2.52 bits per heavy atom. The van der Waals surface area contributed by atoms with E-state index in [1.165, 1.54) is 26.1 Å². The first-order chi connectivity index (χ1) is 10.6. The highest BCUT2D eigenvalue weighted by Crippen LogP contribution is 2.20. The fourth-order valence-corrected chi connectivity index (χ4v) is 3.50. The van der Waals surface area contributed by atoms with E-state index in [1.807, 2.05) is 0 Å². The number of aryl methyl sites for hydroxylation is 1. The molecule has 6 nitrogen and oxygen atoms in total. The number of hydrogen-bond acceptors (Lipinski definition) is 4. The second kappa shape index (κ2) is 8.37. The Morgan fingerprint density at radius 2 is 1.96 bits per heavy atom. The lowest BCUT2D eigenvalue weighted by molar-refractivity contribution is -0.137. The van der Waals surface area contributed by atoms with Gasteiger partial charge in [0.25, 0.3) is 0 Å². The molecule has 0 amide bonds. The van der Waals surface area contributed by atoms with Crippen molar-refractivity contribution in [2.45, 2.75) is 43.6 Å². The first-order valence-corrected chi connectivity index (χ1v) is 8.72. The Labute approximate surface area is 135 Å². The van der Waals surface area contributed by atoms with Gasteiger partial charge in [-0.3, -0.25) is 4.79 Å². The van der Waals surface area contributed by atoms with Crippen molar-refractivity contribution in [2.24, 2.45) is 0 Å². The number of carbonyl (C=O) groups is 1. The number of nitrogens with zero attached hydrogens (tertiary/aromatic N) is 1. The highest BCUT2D eigenvalue weighted by Gasteiger charge is 2.23. The van der Waals surface area contributed by atoms with E-state index in [0.717, 1.165) is 10.4 Å². The summed E-state index contributed by atoms with van der Waals surface area (Å²) >= 11 is 0. The zero-order chi connectivity index (χ0) is 17.6. The smallest absolute Gasteiger partial charge is 0.303 e. The molecule has 0 aliphatic carbocycles. The van der Waals surface area contributed by atoms with Crippen LogP contribution in [0.4, 0.5) is 4.39 Å². The van der Waals surface area contributed by atoms with Gasteiger partial charge in [-0.25, -0.2) is 12.8 Å². The van der Waals surface area contributed by atoms with E-state index in [1.54, 1.807) is 0 Å². The Bertz CT molecular complexity index is 645. The van der Waals surface area contributed by atoms with E-state index in [9.17, 15) is 22.7 Å². The third-order valence-electron chi connectivity index (χ3n) is 3.27. The van der Waals surface area contributed by atoms with Crippen LogP contribution in [0.3, 0.4) is 0 Å². The summed E-state index contributed by atoms with van der Waals surface area (Å²) in [7, 11) is -2.56. The summed E-state index contributed by atoms with van der Waals surface area (Å²) < 4.78 is 39.4. The maximum Gasteiger partial charge on any atom is 0.303 e. The molecule has 0 saturated heterocycles. The molecule has 0 aliphatic heterocycles. The molecule has 0 aromatic heterocycles. The van der Waals surface area contributed by atoms with E-state index < -0.39 is 27.9 Å². The minimum Gasteiger partial charge on any atom is -0.481 e. The number of carboxylic acid groups (broad SMARTS) is 1. The molecule has 0 unspecified atom stereocenters. The number of rotatable bonds is 9. The van der Waals surface area contributed by atoms with Crippen LogP contribution in [0.15, 0.2) is 23.1 Å². The lowest BCUT2D eigenvalue weighted by atomic mass is 10.1. The highest BCUT2D eigenvalue weighted by molar-refractivity contribution is 7.89. The number of aliphatic hydroxyl groups is 1. The molecule has 1 rings (SSSR count). The second-order valence-corrected chi connectivity index (χ2v) is 7.58. The van der Waals surface area contributed by atoms with Gasteiger partial charge in [0.1, 0.15) is 5.82 Å². The molecular weight excluding hydrogens is 325 g/mol. The molecule has 1 aromatic rings. The average molecular weight is 347 g/mol. The first-order valence-electron chi connectivity index (χ1n) is 7.28. The molecule has 0 bridgehead atoms. The van der Waals surface area contributed by atoms with Crippen molar-refractivity contribution in [3.63, 3.8) is 0 Å². The van der Waals surface area contributed by atoms with Crippen molar-refractivity contribution in [1.82, 2.24) is 4.31 Å². The van der Waals surface area contributed by atoms with Gasteiger partial charge in [0.05, 0.1) is 11.0 Å². The molecule has 0 radical (unpaired) electrons. The number of aliphatic hydroxyl groups excluding tert-OH is 1. The van der Waals surface area contributed by atoms with Gasteiger partial charge in [0, 0.05) is 20.0 Å². The van der Waals surface area contributed by atoms with Crippen LogP contribution in [0.1, 0.15) is 31.7 Å². The van der Waals surface area contributed by atoms with Crippen molar-refractivity contribution in [1.29, 1.82) is 0 Å². The van der Waals surface area contributed by atoms with Crippen molar-refractivity contribution in [2.75, 3.05) is 13.6 Å². The fourth-order valence-electron chi connectivity index (χ4n) is 2.17. The number of carboxylic acids is 1. The van der Waals surface area contributed by atoms with Crippen LogP contribution in [0, 0.1) is 5.82 Å². The summed E-state index contributed by atoms with van der Waals surface area (Å²) in [6.07, 6.45) is 0.554. The van der Waals surface area contributed by atoms with E-state index in [4.69, 9.17) is 5.11 Å². The zero-order valence-corrected chi connectivity index (χ0v) is 14.0. The quantitative estimate of drug-likeness (QED) is 0.662.